The van der Waals surface area contributed by atoms with Crippen LogP contribution in [0.3, 0.4) is 0 Å². The molecule has 0 aliphatic heterocycles. The minimum Gasteiger partial charge on any atom is -0.477 e. The lowest BCUT2D eigenvalue weighted by Gasteiger charge is -2.31. The molecule has 0 saturated carbocycles. The molecule has 0 aliphatic rings. The monoisotopic (exact) mass is 857 g/mol. The minimum absolute atomic E-state index is 0.0567. The molecular formula is C53H94NO7+. The Kier molecular flexibility index (Phi) is 41.5. The number of unbranched alkanes of at least 4 members (excludes halogenated alkanes) is 20. The number of allylic oxidation sites excluding steroid dienone is 10. The maximum atomic E-state index is 12.8. The lowest BCUT2D eigenvalue weighted by molar-refractivity contribution is -0.887. The van der Waals surface area contributed by atoms with Gasteiger partial charge in [-0.25, -0.2) is 4.79 Å². The number of nitrogens with zero attached hydrogens (tertiary/aromatic N) is 1. The number of hydrogen-bond acceptors (Lipinski definition) is 6. The molecule has 0 spiro atoms. The van der Waals surface area contributed by atoms with E-state index in [2.05, 4.69) is 74.6 Å². The first-order chi connectivity index (χ1) is 29.6. The molecule has 0 fully saturated rings. The number of likely N-dealkylation sites (N-methyl/N-ethyl adjacent to an activating group) is 1. The van der Waals surface area contributed by atoms with Gasteiger partial charge in [0, 0.05) is 19.3 Å². The molecule has 0 aromatic carbocycles. The van der Waals surface area contributed by atoms with Crippen LogP contribution in [-0.4, -0.2) is 80.6 Å². The molecule has 2 atom stereocenters. The van der Waals surface area contributed by atoms with E-state index >= 15 is 0 Å². The van der Waals surface area contributed by atoms with Gasteiger partial charge in [0.2, 0.25) is 0 Å². The third-order valence-electron chi connectivity index (χ3n) is 10.9. The summed E-state index contributed by atoms with van der Waals surface area (Å²) in [6, 6.07) is -0.617. The second kappa shape index (κ2) is 43.7. The Balaban J connectivity index is 4.26. The van der Waals surface area contributed by atoms with Crippen molar-refractivity contribution in [1.29, 1.82) is 0 Å². The van der Waals surface area contributed by atoms with Gasteiger partial charge in [-0.05, 0) is 57.8 Å². The number of carboxylic acid groups (broad SMARTS) is 1. The van der Waals surface area contributed by atoms with Crippen molar-refractivity contribution >= 4 is 17.9 Å². The van der Waals surface area contributed by atoms with Crippen LogP contribution in [-0.2, 0) is 28.6 Å². The van der Waals surface area contributed by atoms with Crippen LogP contribution in [0.15, 0.2) is 60.8 Å². The number of ether oxygens (including phenoxy) is 3. The number of carboxylic acids is 1. The van der Waals surface area contributed by atoms with Gasteiger partial charge in [-0.3, -0.25) is 9.59 Å². The molecule has 0 rings (SSSR count). The summed E-state index contributed by atoms with van der Waals surface area (Å²) in [4.78, 5) is 37.1. The molecule has 352 valence electrons. The smallest absolute Gasteiger partial charge is 0.362 e. The van der Waals surface area contributed by atoms with E-state index in [1.165, 1.54) is 96.3 Å². The SMILES string of the molecule is CC/C=C/C/C=C/C/C=C/C/C=C/C/C=C/CCCCCCCCCC(=O)OCC(COCCC(C(=O)O)[N+](C)(C)C)OC(=O)CCCCCCCCCCCCCCCC. The van der Waals surface area contributed by atoms with Gasteiger partial charge in [-0.15, -0.1) is 0 Å². The van der Waals surface area contributed by atoms with Gasteiger partial charge >= 0.3 is 17.9 Å². The molecule has 0 saturated heterocycles. The van der Waals surface area contributed by atoms with Gasteiger partial charge in [-0.1, -0.05) is 190 Å². The fourth-order valence-corrected chi connectivity index (χ4v) is 7.12. The molecule has 8 heteroatoms. The number of quaternary nitrogens is 1. The predicted octanol–water partition coefficient (Wildman–Crippen LogP) is 14.1. The number of hydrogen-bond donors (Lipinski definition) is 1. The van der Waals surface area contributed by atoms with Crippen molar-refractivity contribution in [1.82, 2.24) is 0 Å². The van der Waals surface area contributed by atoms with E-state index in [1.54, 1.807) is 0 Å². The first kappa shape index (κ1) is 58.0. The summed E-state index contributed by atoms with van der Waals surface area (Å²) in [5, 5.41) is 9.64. The number of aliphatic carboxylic acids is 1. The molecule has 0 aromatic rings. The van der Waals surface area contributed by atoms with Crippen LogP contribution < -0.4 is 0 Å². The first-order valence-corrected chi connectivity index (χ1v) is 24.8. The molecule has 0 bridgehead atoms. The molecule has 61 heavy (non-hydrogen) atoms. The van der Waals surface area contributed by atoms with Crippen molar-refractivity contribution in [3.05, 3.63) is 60.8 Å². The molecule has 1 N–H and O–H groups in total. The van der Waals surface area contributed by atoms with Gasteiger partial charge < -0.3 is 23.8 Å². The van der Waals surface area contributed by atoms with Crippen LogP contribution in [0.25, 0.3) is 0 Å². The minimum atomic E-state index is -0.876. The van der Waals surface area contributed by atoms with Crippen LogP contribution in [0.2, 0.25) is 0 Å². The highest BCUT2D eigenvalue weighted by Crippen LogP contribution is 2.15. The van der Waals surface area contributed by atoms with E-state index in [4.69, 9.17) is 14.2 Å². The third kappa shape index (κ3) is 42.1. The predicted molar refractivity (Wildman–Crippen MR) is 257 cm³/mol. The first-order valence-electron chi connectivity index (χ1n) is 24.8. The second-order valence-corrected chi connectivity index (χ2v) is 17.7. The van der Waals surface area contributed by atoms with Crippen molar-refractivity contribution in [2.75, 3.05) is 41.0 Å². The highest BCUT2D eigenvalue weighted by atomic mass is 16.6. The Morgan fingerprint density at radius 1 is 0.508 bits per heavy atom. The van der Waals surface area contributed by atoms with Gasteiger partial charge in [0.05, 0.1) is 34.4 Å². The zero-order chi connectivity index (χ0) is 44.9. The zero-order valence-electron chi connectivity index (χ0n) is 40.1. The highest BCUT2D eigenvalue weighted by Gasteiger charge is 2.31. The molecule has 0 aliphatic carbocycles. The Bertz CT molecular complexity index is 1180. The van der Waals surface area contributed by atoms with Crippen LogP contribution in [0.4, 0.5) is 0 Å². The van der Waals surface area contributed by atoms with E-state index in [-0.39, 0.29) is 36.2 Å². The third-order valence-corrected chi connectivity index (χ3v) is 10.9. The van der Waals surface area contributed by atoms with Gasteiger partial charge in [0.1, 0.15) is 6.61 Å². The summed E-state index contributed by atoms with van der Waals surface area (Å²) in [7, 11) is 5.53. The fourth-order valence-electron chi connectivity index (χ4n) is 7.12. The summed E-state index contributed by atoms with van der Waals surface area (Å²) in [6.07, 6.45) is 54.0. The maximum Gasteiger partial charge on any atom is 0.362 e. The maximum absolute atomic E-state index is 12.8. The second-order valence-electron chi connectivity index (χ2n) is 17.7. The van der Waals surface area contributed by atoms with E-state index in [9.17, 15) is 19.5 Å². The van der Waals surface area contributed by atoms with Crippen molar-refractivity contribution in [2.45, 2.75) is 219 Å². The normalized spacial score (nSPS) is 13.4. The number of carbonyl (C=O) groups excluding carboxylic acids is 2. The zero-order valence-corrected chi connectivity index (χ0v) is 40.1. The summed E-state index contributed by atoms with van der Waals surface area (Å²) < 4.78 is 17.3. The van der Waals surface area contributed by atoms with Crippen molar-refractivity contribution in [3.8, 4) is 0 Å². The van der Waals surface area contributed by atoms with Crippen molar-refractivity contribution in [3.63, 3.8) is 0 Å². The molecule has 2 unspecified atom stereocenters. The highest BCUT2D eigenvalue weighted by molar-refractivity contribution is 5.72. The number of carbonyl (C=O) groups is 3. The van der Waals surface area contributed by atoms with Gasteiger partial charge in [-0.2, -0.15) is 0 Å². The standard InChI is InChI=1S/C53H93NO7/c1-6-8-10-12-14-16-18-20-22-23-24-25-26-27-28-29-30-32-33-35-37-39-41-43-51(55)60-48-49(47-59-46-45-50(53(57)58)54(3,4)5)61-52(56)44-42-40-38-36-34-31-21-19-17-15-13-11-9-7-2/h8,10,14,16,20,22,24-25,27-28,49-50H,6-7,9,11-13,15,17-19,21,23,26,29-48H2,1-5H3/p+1/b10-8+,16-14+,22-20+,25-24+,28-27+. The largest absolute Gasteiger partial charge is 0.477 e. The lowest BCUT2D eigenvalue weighted by Crippen LogP contribution is -2.50. The topological polar surface area (TPSA) is 99.1 Å². The summed E-state index contributed by atoms with van der Waals surface area (Å²) in [6.45, 7) is 4.62. The van der Waals surface area contributed by atoms with Crippen LogP contribution in [0, 0.1) is 0 Å². The van der Waals surface area contributed by atoms with Gasteiger partial charge in [0.15, 0.2) is 12.1 Å². The van der Waals surface area contributed by atoms with Crippen molar-refractivity contribution in [2.24, 2.45) is 0 Å². The van der Waals surface area contributed by atoms with Crippen LogP contribution >= 0.6 is 0 Å². The summed E-state index contributed by atoms with van der Waals surface area (Å²) >= 11 is 0. The molecule has 0 aromatic heterocycles. The molecule has 8 nitrogen and oxygen atoms in total. The van der Waals surface area contributed by atoms with Crippen LogP contribution in [0.1, 0.15) is 206 Å². The van der Waals surface area contributed by atoms with Gasteiger partial charge in [0.25, 0.3) is 0 Å². The lowest BCUT2D eigenvalue weighted by atomic mass is 10.0. The number of rotatable bonds is 44. The molecule has 0 heterocycles. The van der Waals surface area contributed by atoms with E-state index in [0.717, 1.165) is 77.0 Å². The fraction of sp³-hybridized carbons (Fsp3) is 0.755. The molecule has 0 radical (unpaired) electrons. The quantitative estimate of drug-likeness (QED) is 0.0282. The van der Waals surface area contributed by atoms with Crippen LogP contribution in [0.5, 0.6) is 0 Å². The average Bonchev–Trinajstić information content (AvgIpc) is 3.22. The molecular weight excluding hydrogens is 763 g/mol. The van der Waals surface area contributed by atoms with E-state index in [0.29, 0.717) is 19.3 Å². The molecule has 0 amide bonds. The number of esters is 2. The van der Waals surface area contributed by atoms with E-state index < -0.39 is 18.1 Å². The Hall–Kier alpha value is -2.97. The van der Waals surface area contributed by atoms with E-state index in [1.807, 2.05) is 21.1 Å². The Morgan fingerprint density at radius 3 is 1.36 bits per heavy atom. The summed E-state index contributed by atoms with van der Waals surface area (Å²) in [5.74, 6) is -1.48. The average molecular weight is 857 g/mol. The summed E-state index contributed by atoms with van der Waals surface area (Å²) in [5.41, 5.74) is 0. The Morgan fingerprint density at radius 2 is 0.918 bits per heavy atom. The Labute approximate surface area is 375 Å². The van der Waals surface area contributed by atoms with Crippen molar-refractivity contribution < 1.29 is 38.2 Å².